The summed E-state index contributed by atoms with van der Waals surface area (Å²) in [6, 6.07) is 5.86. The van der Waals surface area contributed by atoms with Crippen LogP contribution < -0.4 is 0 Å². The van der Waals surface area contributed by atoms with Crippen LogP contribution in [0.15, 0.2) is 18.2 Å². The molecular formula is C17H26O2. The third-order valence-corrected chi connectivity index (χ3v) is 3.15. The summed E-state index contributed by atoms with van der Waals surface area (Å²) in [4.78, 5) is 12.1. The average molecular weight is 262 g/mol. The third kappa shape index (κ3) is 5.06. The Bertz CT molecular complexity index is 421. The molecule has 1 aromatic carbocycles. The van der Waals surface area contributed by atoms with Crippen LogP contribution in [-0.2, 0) is 4.74 Å². The molecule has 0 aliphatic heterocycles. The molecule has 0 radical (unpaired) electrons. The Morgan fingerprint density at radius 2 is 1.74 bits per heavy atom. The van der Waals surface area contributed by atoms with Gasteiger partial charge in [-0.15, -0.1) is 0 Å². The Labute approximate surface area is 117 Å². The van der Waals surface area contributed by atoms with Crippen LogP contribution in [-0.4, -0.2) is 12.6 Å². The summed E-state index contributed by atoms with van der Waals surface area (Å²) in [5.41, 5.74) is 2.94. The topological polar surface area (TPSA) is 26.3 Å². The second-order valence-corrected chi connectivity index (χ2v) is 6.74. The molecule has 1 atom stereocenters. The zero-order chi connectivity index (χ0) is 14.6. The summed E-state index contributed by atoms with van der Waals surface area (Å²) in [5.74, 6) is 0.185. The van der Waals surface area contributed by atoms with Crippen molar-refractivity contribution in [3.8, 4) is 0 Å². The van der Waals surface area contributed by atoms with Crippen LogP contribution in [0.4, 0.5) is 0 Å². The molecule has 2 heteroatoms. The van der Waals surface area contributed by atoms with Crippen molar-refractivity contribution < 1.29 is 9.53 Å². The van der Waals surface area contributed by atoms with Gasteiger partial charge in [-0.2, -0.15) is 0 Å². The largest absolute Gasteiger partial charge is 0.462 e. The highest BCUT2D eigenvalue weighted by Gasteiger charge is 2.18. The van der Waals surface area contributed by atoms with Gasteiger partial charge in [-0.25, -0.2) is 4.79 Å². The lowest BCUT2D eigenvalue weighted by Gasteiger charge is -2.23. The van der Waals surface area contributed by atoms with E-state index in [2.05, 4.69) is 27.7 Å². The predicted molar refractivity (Wildman–Crippen MR) is 79.4 cm³/mol. The summed E-state index contributed by atoms with van der Waals surface area (Å²) in [7, 11) is 0. The van der Waals surface area contributed by atoms with Gasteiger partial charge in [0.05, 0.1) is 12.2 Å². The molecule has 0 saturated heterocycles. The van der Waals surface area contributed by atoms with Gasteiger partial charge >= 0.3 is 5.97 Å². The van der Waals surface area contributed by atoms with Crippen LogP contribution in [0.5, 0.6) is 0 Å². The zero-order valence-corrected chi connectivity index (χ0v) is 13.0. The van der Waals surface area contributed by atoms with E-state index in [9.17, 15) is 4.79 Å². The number of esters is 1. The quantitative estimate of drug-likeness (QED) is 0.745. The smallest absolute Gasteiger partial charge is 0.338 e. The van der Waals surface area contributed by atoms with E-state index in [1.807, 2.05) is 32.0 Å². The molecule has 106 valence electrons. The molecule has 0 fully saturated rings. The first-order valence-corrected chi connectivity index (χ1v) is 6.94. The number of carbonyl (C=O) groups excluding carboxylic acids is 1. The number of benzene rings is 1. The van der Waals surface area contributed by atoms with Crippen molar-refractivity contribution in [1.82, 2.24) is 0 Å². The Kier molecular flexibility index (Phi) is 5.16. The summed E-state index contributed by atoms with van der Waals surface area (Å²) >= 11 is 0. The van der Waals surface area contributed by atoms with E-state index in [4.69, 9.17) is 4.74 Å². The van der Waals surface area contributed by atoms with Gasteiger partial charge in [-0.1, -0.05) is 45.9 Å². The van der Waals surface area contributed by atoms with Crippen LogP contribution in [0.1, 0.15) is 55.6 Å². The number of hydrogen-bond donors (Lipinski definition) is 0. The molecule has 0 aromatic heterocycles. The maximum absolute atomic E-state index is 12.1. The maximum atomic E-state index is 12.1. The van der Waals surface area contributed by atoms with E-state index in [1.54, 1.807) is 0 Å². The molecule has 0 saturated carbocycles. The van der Waals surface area contributed by atoms with E-state index in [0.717, 1.165) is 17.5 Å². The van der Waals surface area contributed by atoms with Crippen LogP contribution in [0, 0.1) is 25.2 Å². The van der Waals surface area contributed by atoms with E-state index in [1.165, 1.54) is 0 Å². The van der Waals surface area contributed by atoms with Gasteiger partial charge in [-0.3, -0.25) is 0 Å². The molecule has 0 bridgehead atoms. The summed E-state index contributed by atoms with van der Waals surface area (Å²) < 4.78 is 5.46. The highest BCUT2D eigenvalue weighted by atomic mass is 16.5. The molecular weight excluding hydrogens is 236 g/mol. The Morgan fingerprint density at radius 1 is 1.21 bits per heavy atom. The minimum atomic E-state index is -0.198. The number of rotatable bonds is 4. The van der Waals surface area contributed by atoms with Crippen LogP contribution in [0.25, 0.3) is 0 Å². The van der Waals surface area contributed by atoms with E-state index in [0.29, 0.717) is 18.1 Å². The van der Waals surface area contributed by atoms with Crippen molar-refractivity contribution in [2.75, 3.05) is 6.61 Å². The maximum Gasteiger partial charge on any atom is 0.338 e. The minimum absolute atomic E-state index is 0.198. The fourth-order valence-electron chi connectivity index (χ4n) is 2.53. The van der Waals surface area contributed by atoms with Gasteiger partial charge in [0.2, 0.25) is 0 Å². The molecule has 1 unspecified atom stereocenters. The van der Waals surface area contributed by atoms with Gasteiger partial charge in [0.1, 0.15) is 0 Å². The minimum Gasteiger partial charge on any atom is -0.462 e. The van der Waals surface area contributed by atoms with Crippen molar-refractivity contribution >= 4 is 5.97 Å². The molecule has 0 spiro atoms. The van der Waals surface area contributed by atoms with Crippen LogP contribution in [0.2, 0.25) is 0 Å². The molecule has 19 heavy (non-hydrogen) atoms. The fraction of sp³-hybridized carbons (Fsp3) is 0.588. The highest BCUT2D eigenvalue weighted by Crippen LogP contribution is 2.24. The predicted octanol–water partition coefficient (Wildman–Crippen LogP) is 4.53. The average Bonchev–Trinajstić information content (AvgIpc) is 2.23. The van der Waals surface area contributed by atoms with Crippen LogP contribution >= 0.6 is 0 Å². The standard InChI is InChI=1S/C17H26O2/c1-12(10-17(4,5)6)11-19-16(18)15-13(2)8-7-9-14(15)3/h7-9,12H,10-11H2,1-6H3. The van der Waals surface area contributed by atoms with Gasteiger partial charge in [0, 0.05) is 0 Å². The summed E-state index contributed by atoms with van der Waals surface area (Å²) in [6.07, 6.45) is 1.05. The van der Waals surface area contributed by atoms with Crippen molar-refractivity contribution in [2.24, 2.45) is 11.3 Å². The summed E-state index contributed by atoms with van der Waals surface area (Å²) in [5, 5.41) is 0. The lowest BCUT2D eigenvalue weighted by atomic mass is 9.86. The highest BCUT2D eigenvalue weighted by molar-refractivity contribution is 5.92. The van der Waals surface area contributed by atoms with Crippen molar-refractivity contribution in [2.45, 2.75) is 48.0 Å². The SMILES string of the molecule is Cc1cccc(C)c1C(=O)OCC(C)CC(C)(C)C. The molecule has 0 heterocycles. The lowest BCUT2D eigenvalue weighted by molar-refractivity contribution is 0.0419. The van der Waals surface area contributed by atoms with E-state index in [-0.39, 0.29) is 11.4 Å². The summed E-state index contributed by atoms with van der Waals surface area (Å²) in [6.45, 7) is 13.1. The second-order valence-electron chi connectivity index (χ2n) is 6.74. The van der Waals surface area contributed by atoms with Gasteiger partial charge in [-0.05, 0) is 42.7 Å². The molecule has 0 N–H and O–H groups in total. The third-order valence-electron chi connectivity index (χ3n) is 3.15. The van der Waals surface area contributed by atoms with Gasteiger partial charge in [0.25, 0.3) is 0 Å². The van der Waals surface area contributed by atoms with Crippen molar-refractivity contribution in [3.05, 3.63) is 34.9 Å². The van der Waals surface area contributed by atoms with E-state index >= 15 is 0 Å². The Morgan fingerprint density at radius 3 is 2.21 bits per heavy atom. The first-order chi connectivity index (χ1) is 8.70. The van der Waals surface area contributed by atoms with Gasteiger partial charge in [0.15, 0.2) is 0 Å². The fourth-order valence-corrected chi connectivity index (χ4v) is 2.53. The number of hydrogen-bond acceptors (Lipinski definition) is 2. The molecule has 0 aliphatic rings. The second kappa shape index (κ2) is 6.23. The monoisotopic (exact) mass is 262 g/mol. The van der Waals surface area contributed by atoms with Crippen molar-refractivity contribution in [1.29, 1.82) is 0 Å². The molecule has 2 nitrogen and oxygen atoms in total. The number of aryl methyl sites for hydroxylation is 2. The molecule has 0 aliphatic carbocycles. The Balaban J connectivity index is 2.61. The van der Waals surface area contributed by atoms with Crippen molar-refractivity contribution in [3.63, 3.8) is 0 Å². The van der Waals surface area contributed by atoms with Gasteiger partial charge < -0.3 is 4.74 Å². The first-order valence-electron chi connectivity index (χ1n) is 6.94. The molecule has 0 amide bonds. The zero-order valence-electron chi connectivity index (χ0n) is 13.0. The number of ether oxygens (including phenoxy) is 1. The normalized spacial score (nSPS) is 13.2. The van der Waals surface area contributed by atoms with Crippen LogP contribution in [0.3, 0.4) is 0 Å². The Hall–Kier alpha value is -1.31. The molecule has 1 rings (SSSR count). The number of carbonyl (C=O) groups is 1. The molecule has 1 aromatic rings. The first kappa shape index (κ1) is 15.7. The van der Waals surface area contributed by atoms with E-state index < -0.39 is 0 Å². The lowest BCUT2D eigenvalue weighted by Crippen LogP contribution is -2.18.